The van der Waals surface area contributed by atoms with Gasteiger partial charge >= 0.3 is 5.97 Å². The van der Waals surface area contributed by atoms with Crippen LogP contribution in [0.5, 0.6) is 0 Å². The van der Waals surface area contributed by atoms with E-state index in [1.54, 1.807) is 0 Å². The van der Waals surface area contributed by atoms with Gasteiger partial charge in [-0.15, -0.1) is 0 Å². The lowest BCUT2D eigenvalue weighted by molar-refractivity contribution is -0.149. The zero-order valence-corrected chi connectivity index (χ0v) is 4.53. The molecule has 5 heteroatoms. The number of carbonyl (C=O) groups is 1. The molecule has 1 fully saturated rings. The molecule has 0 saturated heterocycles. The van der Waals surface area contributed by atoms with Crippen LogP contribution in [-0.4, -0.2) is 32.6 Å². The minimum Gasteiger partial charge on any atom is -0.480 e. The van der Waals surface area contributed by atoms with E-state index in [9.17, 15) is 4.79 Å². The van der Waals surface area contributed by atoms with E-state index in [1.807, 2.05) is 0 Å². The van der Waals surface area contributed by atoms with Crippen molar-refractivity contribution in [3.05, 3.63) is 0 Å². The first-order valence-electron chi connectivity index (χ1n) is 2.37. The normalized spacial score (nSPS) is 38.1. The number of hydrogen-bond acceptors (Lipinski definition) is 4. The number of aliphatic hydroxyl groups is 2. The molecule has 0 aromatic carbocycles. The van der Waals surface area contributed by atoms with Gasteiger partial charge in [0.15, 0.2) is 11.3 Å². The Labute approximate surface area is 50.7 Å². The first-order valence-corrected chi connectivity index (χ1v) is 2.37. The van der Waals surface area contributed by atoms with Crippen LogP contribution in [0.4, 0.5) is 0 Å². The van der Waals surface area contributed by atoms with Crippen LogP contribution in [0.25, 0.3) is 0 Å². The summed E-state index contributed by atoms with van der Waals surface area (Å²) in [6, 6.07) is 0. The van der Waals surface area contributed by atoms with Crippen LogP contribution in [-0.2, 0) is 4.79 Å². The minimum absolute atomic E-state index is 0.296. The van der Waals surface area contributed by atoms with Gasteiger partial charge in [-0.2, -0.15) is 0 Å². The fourth-order valence-electron chi connectivity index (χ4n) is 0.591. The third-order valence-electron chi connectivity index (χ3n) is 1.50. The monoisotopic (exact) mass is 133 g/mol. The molecule has 0 aliphatic heterocycles. The molecule has 0 aromatic heterocycles. The number of rotatable bonds is 1. The molecule has 5 N–H and O–H groups in total. The van der Waals surface area contributed by atoms with Crippen LogP contribution >= 0.6 is 0 Å². The molecule has 0 unspecified atom stereocenters. The molecule has 1 saturated carbocycles. The van der Waals surface area contributed by atoms with Gasteiger partial charge < -0.3 is 21.1 Å². The van der Waals surface area contributed by atoms with Crippen molar-refractivity contribution in [1.82, 2.24) is 0 Å². The Morgan fingerprint density at radius 1 is 1.56 bits per heavy atom. The van der Waals surface area contributed by atoms with Gasteiger partial charge in [0.1, 0.15) is 0 Å². The lowest BCUT2D eigenvalue weighted by atomic mass is 10.3. The highest BCUT2D eigenvalue weighted by Gasteiger charge is 2.70. The zero-order valence-electron chi connectivity index (χ0n) is 4.53. The second-order valence-electron chi connectivity index (χ2n) is 2.27. The average molecular weight is 133 g/mol. The third-order valence-corrected chi connectivity index (χ3v) is 1.50. The van der Waals surface area contributed by atoms with Gasteiger partial charge in [0.25, 0.3) is 0 Å². The standard InChI is InChI=1S/C4H7NO4/c5-3(2(6)7)1-4(3,8)9/h8-9H,1,5H2,(H,6,7)/t3-/m0/s1. The first-order chi connectivity index (χ1) is 3.90. The highest BCUT2D eigenvalue weighted by molar-refractivity contribution is 5.84. The maximum atomic E-state index is 10.1. The van der Waals surface area contributed by atoms with Crippen LogP contribution in [0.2, 0.25) is 0 Å². The van der Waals surface area contributed by atoms with E-state index in [2.05, 4.69) is 0 Å². The summed E-state index contributed by atoms with van der Waals surface area (Å²) in [5.74, 6) is -3.58. The van der Waals surface area contributed by atoms with Crippen LogP contribution in [0.3, 0.4) is 0 Å². The summed E-state index contributed by atoms with van der Waals surface area (Å²) < 4.78 is 0. The topological polar surface area (TPSA) is 104 Å². The van der Waals surface area contributed by atoms with Gasteiger partial charge in [0.2, 0.25) is 0 Å². The van der Waals surface area contributed by atoms with Crippen LogP contribution in [0.15, 0.2) is 0 Å². The van der Waals surface area contributed by atoms with E-state index < -0.39 is 17.3 Å². The summed E-state index contributed by atoms with van der Waals surface area (Å²) in [7, 11) is 0. The highest BCUT2D eigenvalue weighted by Crippen LogP contribution is 2.42. The maximum absolute atomic E-state index is 10.1. The first kappa shape index (κ1) is 6.47. The molecule has 1 aliphatic rings. The summed E-state index contributed by atoms with van der Waals surface area (Å²) in [6.45, 7) is 0. The molecule has 5 nitrogen and oxygen atoms in total. The Morgan fingerprint density at radius 2 is 1.89 bits per heavy atom. The fraction of sp³-hybridized carbons (Fsp3) is 0.750. The quantitative estimate of drug-likeness (QED) is 0.305. The molecule has 0 spiro atoms. The molecular formula is C4H7NO4. The van der Waals surface area contributed by atoms with Crippen molar-refractivity contribution < 1.29 is 20.1 Å². The molecule has 0 aromatic rings. The molecule has 52 valence electrons. The van der Waals surface area contributed by atoms with E-state index in [1.165, 1.54) is 0 Å². The fourth-order valence-corrected chi connectivity index (χ4v) is 0.591. The van der Waals surface area contributed by atoms with Gasteiger partial charge in [0.05, 0.1) is 0 Å². The second-order valence-corrected chi connectivity index (χ2v) is 2.27. The molecule has 1 rings (SSSR count). The molecular weight excluding hydrogens is 126 g/mol. The molecule has 1 aliphatic carbocycles. The molecule has 0 radical (unpaired) electrons. The van der Waals surface area contributed by atoms with Crippen molar-refractivity contribution >= 4 is 5.97 Å². The van der Waals surface area contributed by atoms with E-state index in [0.717, 1.165) is 0 Å². The van der Waals surface area contributed by atoms with Crippen molar-refractivity contribution in [1.29, 1.82) is 0 Å². The van der Waals surface area contributed by atoms with E-state index >= 15 is 0 Å². The van der Waals surface area contributed by atoms with Crippen LogP contribution in [0.1, 0.15) is 6.42 Å². The molecule has 1 atom stereocenters. The predicted molar refractivity (Wildman–Crippen MR) is 26.3 cm³/mol. The minimum atomic E-state index is -2.20. The van der Waals surface area contributed by atoms with Crippen molar-refractivity contribution in [2.45, 2.75) is 17.7 Å². The lowest BCUT2D eigenvalue weighted by Crippen LogP contribution is -2.42. The predicted octanol–water partition coefficient (Wildman–Crippen LogP) is -2.15. The van der Waals surface area contributed by atoms with Gasteiger partial charge in [-0.1, -0.05) is 0 Å². The Hall–Kier alpha value is -0.650. The molecule has 0 bridgehead atoms. The lowest BCUT2D eigenvalue weighted by Gasteiger charge is -2.04. The maximum Gasteiger partial charge on any atom is 0.329 e. The van der Waals surface area contributed by atoms with Crippen LogP contribution in [0, 0.1) is 0 Å². The number of nitrogens with two attached hydrogens (primary N) is 1. The second kappa shape index (κ2) is 1.26. The van der Waals surface area contributed by atoms with E-state index in [4.69, 9.17) is 21.1 Å². The van der Waals surface area contributed by atoms with Gasteiger partial charge in [-0.3, -0.25) is 0 Å². The number of hydrogen-bond donors (Lipinski definition) is 4. The van der Waals surface area contributed by atoms with Crippen molar-refractivity contribution in [2.24, 2.45) is 5.73 Å². The van der Waals surface area contributed by atoms with Crippen molar-refractivity contribution in [2.75, 3.05) is 0 Å². The van der Waals surface area contributed by atoms with Gasteiger partial charge in [-0.05, 0) is 0 Å². The molecule has 9 heavy (non-hydrogen) atoms. The highest BCUT2D eigenvalue weighted by atomic mass is 16.5. The smallest absolute Gasteiger partial charge is 0.329 e. The third kappa shape index (κ3) is 0.625. The molecule has 0 amide bonds. The van der Waals surface area contributed by atoms with Crippen molar-refractivity contribution in [3.63, 3.8) is 0 Å². The zero-order chi connectivity index (χ0) is 7.28. The van der Waals surface area contributed by atoms with Crippen molar-refractivity contribution in [3.8, 4) is 0 Å². The summed E-state index contributed by atoms with van der Waals surface area (Å²) in [4.78, 5) is 10.1. The summed E-state index contributed by atoms with van der Waals surface area (Å²) in [5.41, 5.74) is 3.14. The van der Waals surface area contributed by atoms with Gasteiger partial charge in [0, 0.05) is 6.42 Å². The number of carboxylic acids is 1. The van der Waals surface area contributed by atoms with Crippen LogP contribution < -0.4 is 5.73 Å². The van der Waals surface area contributed by atoms with E-state index in [0.29, 0.717) is 0 Å². The Balaban J connectivity index is 2.74. The Morgan fingerprint density at radius 3 is 1.89 bits per heavy atom. The summed E-state index contributed by atoms with van der Waals surface area (Å²) in [6.07, 6.45) is -0.296. The van der Waals surface area contributed by atoms with E-state index in [-0.39, 0.29) is 6.42 Å². The average Bonchev–Trinajstić information content (AvgIpc) is 2.08. The largest absolute Gasteiger partial charge is 0.480 e. The molecule has 0 heterocycles. The summed E-state index contributed by atoms with van der Waals surface area (Å²) in [5, 5.41) is 25.3. The SMILES string of the molecule is N[C@]1(C(=O)O)CC1(O)O. The number of aliphatic carboxylic acids is 1. The Bertz CT molecular complexity index is 166. The number of carboxylic acid groups (broad SMARTS) is 1. The summed E-state index contributed by atoms with van der Waals surface area (Å²) >= 11 is 0. The Kier molecular flexibility index (Phi) is 0.904. The van der Waals surface area contributed by atoms with Gasteiger partial charge in [-0.25, -0.2) is 4.79 Å².